The number of aryl methyl sites for hydroxylation is 1. The average molecular weight is 274 g/mol. The van der Waals surface area contributed by atoms with Crippen LogP contribution >= 0.6 is 15.9 Å². The maximum Gasteiger partial charge on any atom is 0.109 e. The lowest BCUT2D eigenvalue weighted by Gasteiger charge is -2.35. The van der Waals surface area contributed by atoms with Crippen molar-refractivity contribution in [3.63, 3.8) is 0 Å². The van der Waals surface area contributed by atoms with Gasteiger partial charge in [-0.1, -0.05) is 0 Å². The molecule has 0 aromatic carbocycles. The zero-order valence-corrected chi connectivity index (χ0v) is 10.4. The Hall–Kier alpha value is -0.390. The average Bonchev–Trinajstić information content (AvgIpc) is 2.46. The molecule has 15 heavy (non-hydrogen) atoms. The van der Waals surface area contributed by atoms with E-state index in [4.69, 9.17) is 5.73 Å². The summed E-state index contributed by atoms with van der Waals surface area (Å²) in [4.78, 5) is 0. The van der Waals surface area contributed by atoms with E-state index in [1.165, 1.54) is 0 Å². The van der Waals surface area contributed by atoms with E-state index in [1.807, 2.05) is 7.05 Å². The number of hydrogen-bond donors (Lipinski definition) is 2. The Balaban J connectivity index is 2.36. The second-order valence-electron chi connectivity index (χ2n) is 4.35. The maximum absolute atomic E-state index is 10.6. The molecule has 0 radical (unpaired) electrons. The fraction of sp³-hybridized carbons (Fsp3) is 0.700. The Morgan fingerprint density at radius 1 is 1.73 bits per heavy atom. The third kappa shape index (κ3) is 1.96. The van der Waals surface area contributed by atoms with Crippen LogP contribution in [0.3, 0.4) is 0 Å². The van der Waals surface area contributed by atoms with Crippen LogP contribution in [0.5, 0.6) is 0 Å². The molecule has 1 aliphatic rings. The van der Waals surface area contributed by atoms with Gasteiger partial charge in [0.25, 0.3) is 0 Å². The second-order valence-corrected chi connectivity index (χ2v) is 5.21. The molecule has 1 saturated carbocycles. The van der Waals surface area contributed by atoms with Crippen molar-refractivity contribution in [3.05, 3.63) is 16.4 Å². The fourth-order valence-electron chi connectivity index (χ4n) is 2.44. The van der Waals surface area contributed by atoms with Crippen LogP contribution in [0.15, 0.2) is 10.7 Å². The van der Waals surface area contributed by atoms with Crippen LogP contribution < -0.4 is 5.73 Å². The zero-order valence-electron chi connectivity index (χ0n) is 8.78. The highest BCUT2D eigenvalue weighted by molar-refractivity contribution is 9.10. The second kappa shape index (κ2) is 3.88. The lowest BCUT2D eigenvalue weighted by atomic mass is 9.80. The van der Waals surface area contributed by atoms with E-state index in [1.54, 1.807) is 10.9 Å². The predicted molar refractivity (Wildman–Crippen MR) is 61.2 cm³/mol. The van der Waals surface area contributed by atoms with Gasteiger partial charge in [-0.3, -0.25) is 4.68 Å². The fourth-order valence-corrected chi connectivity index (χ4v) is 3.16. The van der Waals surface area contributed by atoms with Crippen LogP contribution in [0.2, 0.25) is 0 Å². The first-order chi connectivity index (χ1) is 7.03. The topological polar surface area (TPSA) is 64.1 Å². The summed E-state index contributed by atoms with van der Waals surface area (Å²) in [5, 5.41) is 14.7. The van der Waals surface area contributed by atoms with Gasteiger partial charge in [-0.15, -0.1) is 0 Å². The monoisotopic (exact) mass is 273 g/mol. The Bertz CT molecular complexity index is 346. The van der Waals surface area contributed by atoms with E-state index >= 15 is 0 Å². The molecule has 0 aliphatic heterocycles. The summed E-state index contributed by atoms with van der Waals surface area (Å²) < 4.78 is 2.59. The maximum atomic E-state index is 10.6. The number of rotatable bonds is 1. The molecule has 0 amide bonds. The Morgan fingerprint density at radius 2 is 2.47 bits per heavy atom. The first kappa shape index (κ1) is 11.1. The van der Waals surface area contributed by atoms with E-state index in [2.05, 4.69) is 21.0 Å². The van der Waals surface area contributed by atoms with Crippen LogP contribution in [0.1, 0.15) is 31.4 Å². The first-order valence-corrected chi connectivity index (χ1v) is 5.98. The molecule has 0 spiro atoms. The quantitative estimate of drug-likeness (QED) is 0.810. The number of aromatic nitrogens is 2. The van der Waals surface area contributed by atoms with Crippen molar-refractivity contribution in [2.24, 2.45) is 12.8 Å². The Kier molecular flexibility index (Phi) is 2.87. The van der Waals surface area contributed by atoms with Crippen molar-refractivity contribution in [1.82, 2.24) is 9.78 Å². The van der Waals surface area contributed by atoms with Gasteiger partial charge < -0.3 is 10.8 Å². The predicted octanol–water partition coefficient (Wildman–Crippen LogP) is 1.27. The van der Waals surface area contributed by atoms with Gasteiger partial charge in [0.15, 0.2) is 0 Å². The van der Waals surface area contributed by atoms with Crippen molar-refractivity contribution >= 4 is 15.9 Å². The van der Waals surface area contributed by atoms with E-state index < -0.39 is 5.60 Å². The molecule has 3 N–H and O–H groups in total. The highest BCUT2D eigenvalue weighted by Crippen LogP contribution is 2.39. The largest absolute Gasteiger partial charge is 0.383 e. The number of aliphatic hydroxyl groups is 1. The minimum atomic E-state index is -0.818. The van der Waals surface area contributed by atoms with Crippen molar-refractivity contribution in [1.29, 1.82) is 0 Å². The summed E-state index contributed by atoms with van der Waals surface area (Å²) >= 11 is 3.42. The molecule has 4 nitrogen and oxygen atoms in total. The van der Waals surface area contributed by atoms with Gasteiger partial charge in [0.05, 0.1) is 16.4 Å². The van der Waals surface area contributed by atoms with E-state index in [-0.39, 0.29) is 6.04 Å². The number of nitrogens with zero attached hydrogens (tertiary/aromatic N) is 2. The van der Waals surface area contributed by atoms with Gasteiger partial charge in [0.1, 0.15) is 5.60 Å². The lowest BCUT2D eigenvalue weighted by molar-refractivity contribution is -0.0149. The first-order valence-electron chi connectivity index (χ1n) is 5.19. The molecule has 84 valence electrons. The summed E-state index contributed by atoms with van der Waals surface area (Å²) in [5.74, 6) is 0. The van der Waals surface area contributed by atoms with Gasteiger partial charge in [-0.05, 0) is 41.6 Å². The molecule has 1 aromatic heterocycles. The van der Waals surface area contributed by atoms with Crippen molar-refractivity contribution in [2.45, 2.75) is 37.3 Å². The van der Waals surface area contributed by atoms with Gasteiger partial charge >= 0.3 is 0 Å². The number of hydrogen-bond acceptors (Lipinski definition) is 3. The third-order valence-corrected chi connectivity index (χ3v) is 3.68. The van der Waals surface area contributed by atoms with Crippen molar-refractivity contribution in [2.75, 3.05) is 0 Å². The van der Waals surface area contributed by atoms with Gasteiger partial charge in [-0.2, -0.15) is 5.10 Å². The molecule has 1 fully saturated rings. The van der Waals surface area contributed by atoms with Gasteiger partial charge in [0.2, 0.25) is 0 Å². The molecule has 0 bridgehead atoms. The third-order valence-electron chi connectivity index (χ3n) is 3.10. The molecule has 2 atom stereocenters. The van der Waals surface area contributed by atoms with Crippen LogP contribution in [-0.2, 0) is 12.6 Å². The molecular formula is C10H16BrN3O. The summed E-state index contributed by atoms with van der Waals surface area (Å²) in [6, 6.07) is 0.0885. The van der Waals surface area contributed by atoms with Crippen LogP contribution in [0.4, 0.5) is 0 Å². The van der Waals surface area contributed by atoms with Crippen molar-refractivity contribution in [3.8, 4) is 0 Å². The highest BCUT2D eigenvalue weighted by atomic mass is 79.9. The van der Waals surface area contributed by atoms with Gasteiger partial charge in [-0.25, -0.2) is 0 Å². The minimum absolute atomic E-state index is 0.0885. The minimum Gasteiger partial charge on any atom is -0.383 e. The van der Waals surface area contributed by atoms with Crippen LogP contribution in [0, 0.1) is 0 Å². The summed E-state index contributed by atoms with van der Waals surface area (Å²) in [7, 11) is 1.85. The molecule has 1 aliphatic carbocycles. The summed E-state index contributed by atoms with van der Waals surface area (Å²) in [6.07, 6.45) is 5.06. The summed E-state index contributed by atoms with van der Waals surface area (Å²) in [5.41, 5.74) is 5.94. The normalized spacial score (nSPS) is 31.9. The molecule has 2 unspecified atom stereocenters. The number of nitrogens with two attached hydrogens (primary N) is 1. The molecule has 2 rings (SSSR count). The lowest BCUT2D eigenvalue weighted by Crippen LogP contribution is -2.40. The SMILES string of the molecule is Cn1ncc(Br)c1C1(O)CCCC(N)C1. The Labute approximate surface area is 97.6 Å². The van der Waals surface area contributed by atoms with Gasteiger partial charge in [0, 0.05) is 13.1 Å². The standard InChI is InChI=1S/C10H16BrN3O/c1-14-9(8(11)6-13-14)10(15)4-2-3-7(12)5-10/h6-7,15H,2-5,12H2,1H3. The zero-order chi connectivity index (χ0) is 11.1. The smallest absolute Gasteiger partial charge is 0.109 e. The van der Waals surface area contributed by atoms with Crippen molar-refractivity contribution < 1.29 is 5.11 Å². The number of halogens is 1. The van der Waals surface area contributed by atoms with Crippen LogP contribution in [-0.4, -0.2) is 20.9 Å². The van der Waals surface area contributed by atoms with E-state index in [0.29, 0.717) is 6.42 Å². The Morgan fingerprint density at radius 3 is 3.00 bits per heavy atom. The van der Waals surface area contributed by atoms with E-state index in [0.717, 1.165) is 29.4 Å². The van der Waals surface area contributed by atoms with E-state index in [9.17, 15) is 5.11 Å². The molecule has 5 heteroatoms. The molecule has 1 heterocycles. The molecular weight excluding hydrogens is 258 g/mol. The van der Waals surface area contributed by atoms with Crippen LogP contribution in [0.25, 0.3) is 0 Å². The molecule has 0 saturated heterocycles. The highest BCUT2D eigenvalue weighted by Gasteiger charge is 2.38. The molecule has 1 aromatic rings. The summed E-state index contributed by atoms with van der Waals surface area (Å²) in [6.45, 7) is 0.